The zero-order valence-electron chi connectivity index (χ0n) is 11.5. The highest BCUT2D eigenvalue weighted by molar-refractivity contribution is 5.57. The third kappa shape index (κ3) is 3.84. The SMILES string of the molecule is CCCc1c(NC)ncnc1NC(CC)CCO. The number of nitrogens with one attached hydrogen (secondary N) is 2. The van der Waals surface area contributed by atoms with Crippen molar-refractivity contribution < 1.29 is 5.11 Å². The summed E-state index contributed by atoms with van der Waals surface area (Å²) in [5, 5.41) is 15.5. The van der Waals surface area contributed by atoms with Gasteiger partial charge < -0.3 is 15.7 Å². The number of aromatic nitrogens is 2. The summed E-state index contributed by atoms with van der Waals surface area (Å²) in [6, 6.07) is 0.255. The molecule has 0 spiro atoms. The van der Waals surface area contributed by atoms with Gasteiger partial charge in [0.1, 0.15) is 18.0 Å². The van der Waals surface area contributed by atoms with E-state index in [0.29, 0.717) is 0 Å². The predicted octanol–water partition coefficient (Wildman–Crippen LogP) is 2.04. The minimum absolute atomic E-state index is 0.193. The summed E-state index contributed by atoms with van der Waals surface area (Å²) < 4.78 is 0. The second-order valence-electron chi connectivity index (χ2n) is 4.31. The minimum atomic E-state index is 0.193. The van der Waals surface area contributed by atoms with Crippen LogP contribution in [-0.4, -0.2) is 34.8 Å². The molecule has 1 aromatic rings. The van der Waals surface area contributed by atoms with E-state index in [4.69, 9.17) is 5.11 Å². The fourth-order valence-corrected chi connectivity index (χ4v) is 1.97. The van der Waals surface area contributed by atoms with Gasteiger partial charge >= 0.3 is 0 Å². The molecule has 5 nitrogen and oxygen atoms in total. The van der Waals surface area contributed by atoms with E-state index < -0.39 is 0 Å². The van der Waals surface area contributed by atoms with Crippen LogP contribution in [0, 0.1) is 0 Å². The maximum Gasteiger partial charge on any atom is 0.134 e. The monoisotopic (exact) mass is 252 g/mol. The van der Waals surface area contributed by atoms with Gasteiger partial charge in [-0.2, -0.15) is 0 Å². The van der Waals surface area contributed by atoms with Crippen molar-refractivity contribution in [2.75, 3.05) is 24.3 Å². The van der Waals surface area contributed by atoms with Gasteiger partial charge in [0.15, 0.2) is 0 Å². The second-order valence-corrected chi connectivity index (χ2v) is 4.31. The smallest absolute Gasteiger partial charge is 0.134 e. The van der Waals surface area contributed by atoms with Crippen LogP contribution in [0.15, 0.2) is 6.33 Å². The first-order valence-corrected chi connectivity index (χ1v) is 6.65. The van der Waals surface area contributed by atoms with Crippen molar-refractivity contribution in [1.29, 1.82) is 0 Å². The Bertz CT molecular complexity index is 357. The number of anilines is 2. The summed E-state index contributed by atoms with van der Waals surface area (Å²) in [6.45, 7) is 4.44. The Morgan fingerprint density at radius 3 is 2.56 bits per heavy atom. The highest BCUT2D eigenvalue weighted by atomic mass is 16.3. The van der Waals surface area contributed by atoms with Crippen LogP contribution in [0.1, 0.15) is 38.7 Å². The van der Waals surface area contributed by atoms with Crippen LogP contribution >= 0.6 is 0 Å². The molecule has 0 bridgehead atoms. The number of aliphatic hydroxyl groups is 1. The van der Waals surface area contributed by atoms with E-state index in [-0.39, 0.29) is 12.6 Å². The molecule has 0 saturated heterocycles. The van der Waals surface area contributed by atoms with E-state index in [9.17, 15) is 0 Å². The lowest BCUT2D eigenvalue weighted by Gasteiger charge is -2.19. The van der Waals surface area contributed by atoms with Crippen molar-refractivity contribution in [2.45, 2.75) is 45.6 Å². The summed E-state index contributed by atoms with van der Waals surface area (Å²) in [7, 11) is 1.87. The van der Waals surface area contributed by atoms with E-state index in [1.165, 1.54) is 0 Å². The third-order valence-electron chi connectivity index (χ3n) is 2.99. The standard InChI is InChI=1S/C13H24N4O/c1-4-6-11-12(14-3)15-9-16-13(11)17-10(5-2)7-8-18/h9-10,18H,4-8H2,1-3H3,(H2,14,15,16,17). The van der Waals surface area contributed by atoms with Crippen molar-refractivity contribution in [3.63, 3.8) is 0 Å². The molecular formula is C13H24N4O. The number of hydrogen-bond acceptors (Lipinski definition) is 5. The summed E-state index contributed by atoms with van der Waals surface area (Å²) in [5.41, 5.74) is 1.12. The van der Waals surface area contributed by atoms with Gasteiger partial charge in [-0.3, -0.25) is 0 Å². The molecule has 0 fully saturated rings. The molecule has 0 amide bonds. The van der Waals surface area contributed by atoms with Gasteiger partial charge in [-0.05, 0) is 19.3 Å². The Morgan fingerprint density at radius 1 is 1.28 bits per heavy atom. The molecule has 102 valence electrons. The van der Waals surface area contributed by atoms with Gasteiger partial charge in [0.25, 0.3) is 0 Å². The molecule has 0 aromatic carbocycles. The predicted molar refractivity (Wildman–Crippen MR) is 75.0 cm³/mol. The van der Waals surface area contributed by atoms with Crippen molar-refractivity contribution in [3.8, 4) is 0 Å². The Kier molecular flexibility index (Phi) is 6.43. The molecule has 0 aliphatic heterocycles. The average molecular weight is 252 g/mol. The molecule has 0 aliphatic rings. The van der Waals surface area contributed by atoms with Crippen LogP contribution in [0.3, 0.4) is 0 Å². The summed E-state index contributed by atoms with van der Waals surface area (Å²) >= 11 is 0. The molecule has 1 aromatic heterocycles. The van der Waals surface area contributed by atoms with Gasteiger partial charge in [-0.15, -0.1) is 0 Å². The first kappa shape index (κ1) is 14.7. The van der Waals surface area contributed by atoms with Gasteiger partial charge in [0.05, 0.1) is 0 Å². The van der Waals surface area contributed by atoms with Gasteiger partial charge in [-0.25, -0.2) is 9.97 Å². The highest BCUT2D eigenvalue weighted by Crippen LogP contribution is 2.22. The van der Waals surface area contributed by atoms with Crippen LogP contribution < -0.4 is 10.6 Å². The first-order valence-electron chi connectivity index (χ1n) is 6.65. The fourth-order valence-electron chi connectivity index (χ4n) is 1.97. The van der Waals surface area contributed by atoms with Gasteiger partial charge in [0, 0.05) is 25.3 Å². The lowest BCUT2D eigenvalue weighted by molar-refractivity contribution is 0.278. The van der Waals surface area contributed by atoms with E-state index in [2.05, 4.69) is 34.4 Å². The highest BCUT2D eigenvalue weighted by Gasteiger charge is 2.13. The van der Waals surface area contributed by atoms with Crippen molar-refractivity contribution in [3.05, 3.63) is 11.9 Å². The van der Waals surface area contributed by atoms with E-state index in [1.807, 2.05) is 7.05 Å². The van der Waals surface area contributed by atoms with E-state index in [0.717, 1.165) is 42.9 Å². The Labute approximate surface area is 109 Å². The van der Waals surface area contributed by atoms with Crippen LogP contribution in [0.2, 0.25) is 0 Å². The van der Waals surface area contributed by atoms with Gasteiger partial charge in [-0.1, -0.05) is 20.3 Å². The molecule has 1 rings (SSSR count). The quantitative estimate of drug-likeness (QED) is 0.660. The van der Waals surface area contributed by atoms with Crippen LogP contribution in [-0.2, 0) is 6.42 Å². The van der Waals surface area contributed by atoms with Gasteiger partial charge in [0.2, 0.25) is 0 Å². The number of nitrogens with zero attached hydrogens (tertiary/aromatic N) is 2. The molecule has 3 N–H and O–H groups in total. The summed E-state index contributed by atoms with van der Waals surface area (Å²) in [6.07, 6.45) is 5.26. The Morgan fingerprint density at radius 2 is 2.00 bits per heavy atom. The molecule has 0 saturated carbocycles. The summed E-state index contributed by atoms with van der Waals surface area (Å²) in [4.78, 5) is 8.58. The maximum atomic E-state index is 9.03. The van der Waals surface area contributed by atoms with E-state index in [1.54, 1.807) is 6.33 Å². The average Bonchev–Trinajstić information content (AvgIpc) is 2.40. The lowest BCUT2D eigenvalue weighted by Crippen LogP contribution is -2.22. The normalized spacial score (nSPS) is 12.2. The molecule has 5 heteroatoms. The number of aliphatic hydroxyl groups excluding tert-OH is 1. The maximum absolute atomic E-state index is 9.03. The molecular weight excluding hydrogens is 228 g/mol. The molecule has 0 aliphatic carbocycles. The third-order valence-corrected chi connectivity index (χ3v) is 2.99. The molecule has 1 unspecified atom stereocenters. The largest absolute Gasteiger partial charge is 0.396 e. The molecule has 18 heavy (non-hydrogen) atoms. The topological polar surface area (TPSA) is 70.1 Å². The zero-order chi connectivity index (χ0) is 13.4. The van der Waals surface area contributed by atoms with Crippen molar-refractivity contribution in [1.82, 2.24) is 9.97 Å². The van der Waals surface area contributed by atoms with Crippen molar-refractivity contribution >= 4 is 11.6 Å². The Balaban J connectivity index is 2.92. The van der Waals surface area contributed by atoms with Crippen molar-refractivity contribution in [2.24, 2.45) is 0 Å². The van der Waals surface area contributed by atoms with Crippen LogP contribution in [0.5, 0.6) is 0 Å². The minimum Gasteiger partial charge on any atom is -0.396 e. The van der Waals surface area contributed by atoms with Crippen LogP contribution in [0.4, 0.5) is 11.6 Å². The number of hydrogen-bond donors (Lipinski definition) is 3. The zero-order valence-corrected chi connectivity index (χ0v) is 11.5. The number of rotatable bonds is 8. The summed E-state index contributed by atoms with van der Waals surface area (Å²) in [5.74, 6) is 1.77. The molecule has 1 atom stereocenters. The first-order chi connectivity index (χ1) is 8.76. The second kappa shape index (κ2) is 7.87. The molecule has 1 heterocycles. The Hall–Kier alpha value is -1.36. The lowest BCUT2D eigenvalue weighted by atomic mass is 10.1. The van der Waals surface area contributed by atoms with Crippen LogP contribution in [0.25, 0.3) is 0 Å². The van der Waals surface area contributed by atoms with E-state index >= 15 is 0 Å². The fraction of sp³-hybridized carbons (Fsp3) is 0.692. The molecule has 0 radical (unpaired) electrons.